The van der Waals surface area contributed by atoms with Gasteiger partial charge in [-0.1, -0.05) is 43.5 Å². The molecule has 0 saturated carbocycles. The molecule has 0 bridgehead atoms. The van der Waals surface area contributed by atoms with Crippen molar-refractivity contribution >= 4 is 35.0 Å². The lowest BCUT2D eigenvalue weighted by molar-refractivity contribution is 0.567. The summed E-state index contributed by atoms with van der Waals surface area (Å²) in [5.41, 5.74) is 6.17. The lowest BCUT2D eigenvalue weighted by atomic mass is 10.1. The molecule has 0 aromatic heterocycles. The standard InChI is InChI=1S/C13H19Cl2NS/c1-3-5-12(16)13(4-2)17-9-6-7-10(14)11(15)8-9/h6-8,12-13H,3-5,16H2,1-2H3. The summed E-state index contributed by atoms with van der Waals surface area (Å²) in [5, 5.41) is 1.64. The molecule has 4 heteroatoms. The van der Waals surface area contributed by atoms with Crippen LogP contribution in [0.25, 0.3) is 0 Å². The second-order valence-electron chi connectivity index (χ2n) is 4.09. The molecule has 17 heavy (non-hydrogen) atoms. The predicted molar refractivity (Wildman–Crippen MR) is 79.3 cm³/mol. The fraction of sp³-hybridized carbons (Fsp3) is 0.538. The van der Waals surface area contributed by atoms with Gasteiger partial charge in [-0.05, 0) is 31.0 Å². The molecule has 0 aliphatic carbocycles. The highest BCUT2D eigenvalue weighted by Gasteiger charge is 2.16. The van der Waals surface area contributed by atoms with Gasteiger partial charge < -0.3 is 5.73 Å². The van der Waals surface area contributed by atoms with Crippen LogP contribution in [0.2, 0.25) is 10.0 Å². The first-order valence-electron chi connectivity index (χ1n) is 5.95. The van der Waals surface area contributed by atoms with Crippen LogP contribution in [0.3, 0.4) is 0 Å². The summed E-state index contributed by atoms with van der Waals surface area (Å²) in [6.07, 6.45) is 3.25. The third kappa shape index (κ3) is 4.70. The Bertz CT molecular complexity index is 357. The Morgan fingerprint density at radius 3 is 2.47 bits per heavy atom. The van der Waals surface area contributed by atoms with Crippen molar-refractivity contribution in [1.82, 2.24) is 0 Å². The molecule has 2 unspecified atom stereocenters. The number of benzene rings is 1. The van der Waals surface area contributed by atoms with Gasteiger partial charge in [-0.15, -0.1) is 11.8 Å². The van der Waals surface area contributed by atoms with Crippen molar-refractivity contribution in [3.8, 4) is 0 Å². The maximum absolute atomic E-state index is 6.17. The number of rotatable bonds is 6. The van der Waals surface area contributed by atoms with E-state index < -0.39 is 0 Å². The van der Waals surface area contributed by atoms with Gasteiger partial charge in [0.05, 0.1) is 10.0 Å². The van der Waals surface area contributed by atoms with E-state index in [9.17, 15) is 0 Å². The molecule has 0 heterocycles. The van der Waals surface area contributed by atoms with E-state index in [1.165, 1.54) is 0 Å². The van der Waals surface area contributed by atoms with E-state index in [1.807, 2.05) is 18.2 Å². The Morgan fingerprint density at radius 1 is 1.24 bits per heavy atom. The maximum atomic E-state index is 6.17. The second-order valence-corrected chi connectivity index (χ2v) is 6.22. The van der Waals surface area contributed by atoms with Crippen molar-refractivity contribution in [2.24, 2.45) is 5.73 Å². The van der Waals surface area contributed by atoms with E-state index >= 15 is 0 Å². The Labute approximate surface area is 118 Å². The molecule has 0 fully saturated rings. The Morgan fingerprint density at radius 2 is 1.94 bits per heavy atom. The first-order valence-corrected chi connectivity index (χ1v) is 7.59. The molecule has 1 rings (SSSR count). The molecule has 1 aromatic rings. The number of hydrogen-bond acceptors (Lipinski definition) is 2. The van der Waals surface area contributed by atoms with Gasteiger partial charge in [-0.3, -0.25) is 0 Å². The number of hydrogen-bond donors (Lipinski definition) is 1. The highest BCUT2D eigenvalue weighted by molar-refractivity contribution is 8.00. The smallest absolute Gasteiger partial charge is 0.0603 e. The van der Waals surface area contributed by atoms with Gasteiger partial charge in [0.15, 0.2) is 0 Å². The molecule has 0 aliphatic rings. The molecule has 0 radical (unpaired) electrons. The molecule has 2 atom stereocenters. The zero-order valence-electron chi connectivity index (χ0n) is 10.2. The van der Waals surface area contributed by atoms with Crippen molar-refractivity contribution in [2.45, 2.75) is 49.3 Å². The third-order valence-corrected chi connectivity index (χ3v) is 4.93. The van der Waals surface area contributed by atoms with Crippen LogP contribution in [0.5, 0.6) is 0 Å². The zero-order valence-corrected chi connectivity index (χ0v) is 12.6. The largest absolute Gasteiger partial charge is 0.327 e. The molecule has 0 amide bonds. The minimum atomic E-state index is 0.240. The zero-order chi connectivity index (χ0) is 12.8. The fourth-order valence-corrected chi connectivity index (χ4v) is 3.24. The van der Waals surface area contributed by atoms with Gasteiger partial charge in [0.1, 0.15) is 0 Å². The summed E-state index contributed by atoms with van der Waals surface area (Å²) in [5.74, 6) is 0. The predicted octanol–water partition coefficient (Wildman–Crippen LogP) is 4.99. The average Bonchev–Trinajstić information content (AvgIpc) is 2.30. The highest BCUT2D eigenvalue weighted by Crippen LogP contribution is 2.32. The van der Waals surface area contributed by atoms with Crippen LogP contribution in [0, 0.1) is 0 Å². The summed E-state index contributed by atoms with van der Waals surface area (Å²) in [4.78, 5) is 1.14. The molecule has 2 N–H and O–H groups in total. The average molecular weight is 292 g/mol. The Hall–Kier alpha value is 0.110. The number of thioether (sulfide) groups is 1. The quantitative estimate of drug-likeness (QED) is 0.747. The van der Waals surface area contributed by atoms with Crippen LogP contribution >= 0.6 is 35.0 Å². The van der Waals surface area contributed by atoms with Gasteiger partial charge in [0.25, 0.3) is 0 Å². The second kappa shape index (κ2) is 7.52. The lowest BCUT2D eigenvalue weighted by Crippen LogP contribution is -2.31. The molecule has 0 saturated heterocycles. The van der Waals surface area contributed by atoms with E-state index in [4.69, 9.17) is 28.9 Å². The van der Waals surface area contributed by atoms with Crippen molar-refractivity contribution in [2.75, 3.05) is 0 Å². The minimum Gasteiger partial charge on any atom is -0.327 e. The maximum Gasteiger partial charge on any atom is 0.0603 e. The van der Waals surface area contributed by atoms with E-state index in [2.05, 4.69) is 13.8 Å². The minimum absolute atomic E-state index is 0.240. The van der Waals surface area contributed by atoms with Gasteiger partial charge in [0, 0.05) is 16.2 Å². The summed E-state index contributed by atoms with van der Waals surface area (Å²) in [7, 11) is 0. The highest BCUT2D eigenvalue weighted by atomic mass is 35.5. The van der Waals surface area contributed by atoms with Crippen LogP contribution in [0.15, 0.2) is 23.1 Å². The summed E-state index contributed by atoms with van der Waals surface area (Å²) < 4.78 is 0. The van der Waals surface area contributed by atoms with E-state index in [-0.39, 0.29) is 6.04 Å². The molecular formula is C13H19Cl2NS. The van der Waals surface area contributed by atoms with E-state index in [0.717, 1.165) is 24.2 Å². The van der Waals surface area contributed by atoms with Gasteiger partial charge >= 0.3 is 0 Å². The van der Waals surface area contributed by atoms with Crippen LogP contribution in [-0.4, -0.2) is 11.3 Å². The third-order valence-electron chi connectivity index (χ3n) is 2.68. The number of nitrogens with two attached hydrogens (primary N) is 1. The summed E-state index contributed by atoms with van der Waals surface area (Å²) in [6.45, 7) is 4.33. The van der Waals surface area contributed by atoms with Crippen LogP contribution in [0.4, 0.5) is 0 Å². The number of halogens is 2. The Kier molecular flexibility index (Phi) is 6.71. The van der Waals surface area contributed by atoms with Crippen LogP contribution < -0.4 is 5.73 Å². The molecule has 0 aliphatic heterocycles. The summed E-state index contributed by atoms with van der Waals surface area (Å²) >= 11 is 13.7. The molecular weight excluding hydrogens is 273 g/mol. The van der Waals surface area contributed by atoms with Crippen molar-refractivity contribution in [3.63, 3.8) is 0 Å². The first-order chi connectivity index (χ1) is 8.08. The molecule has 1 aromatic carbocycles. The summed E-state index contributed by atoms with van der Waals surface area (Å²) in [6, 6.07) is 5.99. The fourth-order valence-electron chi connectivity index (χ4n) is 1.72. The molecule has 0 spiro atoms. The monoisotopic (exact) mass is 291 g/mol. The van der Waals surface area contributed by atoms with Crippen molar-refractivity contribution in [3.05, 3.63) is 28.2 Å². The lowest BCUT2D eigenvalue weighted by Gasteiger charge is -2.21. The van der Waals surface area contributed by atoms with Crippen LogP contribution in [0.1, 0.15) is 33.1 Å². The van der Waals surface area contributed by atoms with Gasteiger partial charge in [0.2, 0.25) is 0 Å². The SMILES string of the molecule is CCCC(N)C(CC)Sc1ccc(Cl)c(Cl)c1. The molecule has 1 nitrogen and oxygen atoms in total. The topological polar surface area (TPSA) is 26.0 Å². The van der Waals surface area contributed by atoms with E-state index in [0.29, 0.717) is 15.3 Å². The van der Waals surface area contributed by atoms with Gasteiger partial charge in [-0.25, -0.2) is 0 Å². The first kappa shape index (κ1) is 15.2. The Balaban J connectivity index is 2.70. The van der Waals surface area contributed by atoms with Crippen LogP contribution in [-0.2, 0) is 0 Å². The van der Waals surface area contributed by atoms with Crippen molar-refractivity contribution in [1.29, 1.82) is 0 Å². The molecule has 96 valence electrons. The van der Waals surface area contributed by atoms with E-state index in [1.54, 1.807) is 11.8 Å². The van der Waals surface area contributed by atoms with Crippen molar-refractivity contribution < 1.29 is 0 Å². The normalized spacial score (nSPS) is 14.6. The van der Waals surface area contributed by atoms with Gasteiger partial charge in [-0.2, -0.15) is 0 Å².